The highest BCUT2D eigenvalue weighted by molar-refractivity contribution is 5.44. The number of benzene rings is 2. The van der Waals surface area contributed by atoms with Crippen molar-refractivity contribution in [1.29, 1.82) is 0 Å². The van der Waals surface area contributed by atoms with Crippen LogP contribution in [0.15, 0.2) is 48.5 Å². The highest BCUT2D eigenvalue weighted by Gasteiger charge is 2.38. The quantitative estimate of drug-likeness (QED) is 0.933. The van der Waals surface area contributed by atoms with Gasteiger partial charge in [0.05, 0.1) is 0 Å². The molecule has 1 unspecified atom stereocenters. The van der Waals surface area contributed by atoms with Crippen molar-refractivity contribution in [2.75, 3.05) is 13.2 Å². The summed E-state index contributed by atoms with van der Waals surface area (Å²) in [4.78, 5) is 0. The van der Waals surface area contributed by atoms with Crippen LogP contribution in [0, 0.1) is 0 Å². The lowest BCUT2D eigenvalue weighted by atomic mass is 10.1. The summed E-state index contributed by atoms with van der Waals surface area (Å²) in [6.45, 7) is 3.49. The van der Waals surface area contributed by atoms with Gasteiger partial charge in [-0.05, 0) is 36.6 Å². The molecule has 114 valence electrons. The van der Waals surface area contributed by atoms with Crippen LogP contribution >= 0.6 is 0 Å². The van der Waals surface area contributed by atoms with Crippen molar-refractivity contribution in [2.45, 2.75) is 31.3 Å². The van der Waals surface area contributed by atoms with E-state index in [9.17, 15) is 0 Å². The Balaban J connectivity index is 1.42. The van der Waals surface area contributed by atoms with Crippen molar-refractivity contribution in [3.05, 3.63) is 59.7 Å². The van der Waals surface area contributed by atoms with E-state index in [1.165, 1.54) is 17.5 Å². The Morgan fingerprint density at radius 1 is 1.00 bits per heavy atom. The summed E-state index contributed by atoms with van der Waals surface area (Å²) >= 11 is 0. The van der Waals surface area contributed by atoms with Gasteiger partial charge in [0.25, 0.3) is 0 Å². The van der Waals surface area contributed by atoms with E-state index in [0.29, 0.717) is 31.2 Å². The van der Waals surface area contributed by atoms with E-state index in [-0.39, 0.29) is 0 Å². The Bertz CT molecular complexity index is 656. The smallest absolute Gasteiger partial charge is 0.161 e. The fourth-order valence-electron chi connectivity index (χ4n) is 3.19. The average molecular weight is 295 g/mol. The zero-order chi connectivity index (χ0) is 14.9. The zero-order valence-corrected chi connectivity index (χ0v) is 12.8. The van der Waals surface area contributed by atoms with Crippen LogP contribution in [-0.4, -0.2) is 19.3 Å². The van der Waals surface area contributed by atoms with Crippen LogP contribution in [0.2, 0.25) is 0 Å². The molecule has 0 radical (unpaired) electrons. The van der Waals surface area contributed by atoms with E-state index >= 15 is 0 Å². The molecular weight excluding hydrogens is 274 g/mol. The Hall–Kier alpha value is -2.00. The van der Waals surface area contributed by atoms with Gasteiger partial charge in [-0.25, -0.2) is 0 Å². The fraction of sp³-hybridized carbons (Fsp3) is 0.368. The van der Waals surface area contributed by atoms with Crippen LogP contribution in [0.25, 0.3) is 0 Å². The fourth-order valence-corrected chi connectivity index (χ4v) is 3.19. The van der Waals surface area contributed by atoms with Gasteiger partial charge in [0.1, 0.15) is 13.2 Å². The highest BCUT2D eigenvalue weighted by Crippen LogP contribution is 2.42. The average Bonchev–Trinajstić information content (AvgIpc) is 3.34. The molecule has 0 amide bonds. The molecule has 0 bridgehead atoms. The van der Waals surface area contributed by atoms with Gasteiger partial charge in [0.15, 0.2) is 11.5 Å². The van der Waals surface area contributed by atoms with Crippen LogP contribution in [0.5, 0.6) is 11.5 Å². The minimum Gasteiger partial charge on any atom is -0.486 e. The summed E-state index contributed by atoms with van der Waals surface area (Å²) in [5.41, 5.74) is 2.69. The van der Waals surface area contributed by atoms with Gasteiger partial charge in [0, 0.05) is 18.0 Å². The molecule has 2 aromatic carbocycles. The maximum atomic E-state index is 5.67. The van der Waals surface area contributed by atoms with Gasteiger partial charge in [-0.3, -0.25) is 0 Å². The molecule has 1 heterocycles. The van der Waals surface area contributed by atoms with Gasteiger partial charge >= 0.3 is 0 Å². The first-order chi connectivity index (χ1) is 10.8. The van der Waals surface area contributed by atoms with Gasteiger partial charge in [-0.15, -0.1) is 0 Å². The molecule has 0 saturated heterocycles. The van der Waals surface area contributed by atoms with Crippen molar-refractivity contribution in [1.82, 2.24) is 5.32 Å². The lowest BCUT2D eigenvalue weighted by molar-refractivity contribution is 0.171. The molecule has 22 heavy (non-hydrogen) atoms. The van der Waals surface area contributed by atoms with Gasteiger partial charge in [-0.1, -0.05) is 36.4 Å². The second kappa shape index (κ2) is 5.65. The lowest BCUT2D eigenvalue weighted by Crippen LogP contribution is -2.22. The first kappa shape index (κ1) is 13.6. The molecule has 2 aliphatic rings. The molecule has 1 aliphatic carbocycles. The van der Waals surface area contributed by atoms with Crippen LogP contribution in [-0.2, 0) is 0 Å². The van der Waals surface area contributed by atoms with Gasteiger partial charge < -0.3 is 14.8 Å². The number of fused-ring (bicyclic) bond motifs is 1. The molecule has 1 saturated carbocycles. The van der Waals surface area contributed by atoms with Crippen molar-refractivity contribution >= 4 is 0 Å². The number of hydrogen-bond acceptors (Lipinski definition) is 3. The second-order valence-electron chi connectivity index (χ2n) is 6.15. The summed E-state index contributed by atoms with van der Waals surface area (Å²) in [7, 11) is 0. The monoisotopic (exact) mass is 295 g/mol. The van der Waals surface area contributed by atoms with E-state index in [1.807, 2.05) is 6.07 Å². The Morgan fingerprint density at radius 2 is 1.77 bits per heavy atom. The minimum absolute atomic E-state index is 0.314. The topological polar surface area (TPSA) is 30.5 Å². The van der Waals surface area contributed by atoms with E-state index in [1.54, 1.807) is 0 Å². The molecule has 3 atom stereocenters. The molecule has 4 rings (SSSR count). The largest absolute Gasteiger partial charge is 0.486 e. The minimum atomic E-state index is 0.314. The highest BCUT2D eigenvalue weighted by atomic mass is 16.6. The number of nitrogens with one attached hydrogen (secondary N) is 1. The molecule has 1 fully saturated rings. The predicted molar refractivity (Wildman–Crippen MR) is 86.6 cm³/mol. The molecule has 3 nitrogen and oxygen atoms in total. The normalized spacial score (nSPS) is 23.9. The molecule has 1 aliphatic heterocycles. The summed E-state index contributed by atoms with van der Waals surface area (Å²) in [5.74, 6) is 2.38. The van der Waals surface area contributed by atoms with Crippen molar-refractivity contribution < 1.29 is 9.47 Å². The van der Waals surface area contributed by atoms with Crippen LogP contribution in [0.3, 0.4) is 0 Å². The lowest BCUT2D eigenvalue weighted by Gasteiger charge is -2.21. The number of ether oxygens (including phenoxy) is 2. The van der Waals surface area contributed by atoms with Crippen molar-refractivity contribution in [2.24, 2.45) is 0 Å². The maximum absolute atomic E-state index is 5.67. The van der Waals surface area contributed by atoms with Crippen LogP contribution in [0.4, 0.5) is 0 Å². The van der Waals surface area contributed by atoms with E-state index in [0.717, 1.165) is 11.5 Å². The maximum Gasteiger partial charge on any atom is 0.161 e. The molecular formula is C19H21NO2. The molecule has 3 heteroatoms. The van der Waals surface area contributed by atoms with Crippen LogP contribution < -0.4 is 14.8 Å². The third-order valence-electron chi connectivity index (χ3n) is 4.55. The van der Waals surface area contributed by atoms with Crippen LogP contribution in [0.1, 0.15) is 36.4 Å². The van der Waals surface area contributed by atoms with E-state index < -0.39 is 0 Å². The van der Waals surface area contributed by atoms with E-state index in [4.69, 9.17) is 9.47 Å². The predicted octanol–water partition coefficient (Wildman–Crippen LogP) is 3.66. The molecule has 2 aromatic rings. The summed E-state index contributed by atoms with van der Waals surface area (Å²) in [6.07, 6.45) is 1.22. The van der Waals surface area contributed by atoms with Gasteiger partial charge in [-0.2, -0.15) is 0 Å². The third kappa shape index (κ3) is 2.69. The van der Waals surface area contributed by atoms with Gasteiger partial charge in [0.2, 0.25) is 0 Å². The third-order valence-corrected chi connectivity index (χ3v) is 4.55. The van der Waals surface area contributed by atoms with E-state index in [2.05, 4.69) is 54.7 Å². The second-order valence-corrected chi connectivity index (χ2v) is 6.15. The summed E-state index contributed by atoms with van der Waals surface area (Å²) in [6, 6.07) is 17.9. The SMILES string of the molecule is CC(N[C@H]1C[C@H]1c1ccccc1)c1ccc2c(c1)OCCO2. The first-order valence-electron chi connectivity index (χ1n) is 8.02. The Morgan fingerprint density at radius 3 is 2.59 bits per heavy atom. The van der Waals surface area contributed by atoms with Crippen molar-refractivity contribution in [3.8, 4) is 11.5 Å². The first-order valence-corrected chi connectivity index (χ1v) is 8.02. The number of hydrogen-bond donors (Lipinski definition) is 1. The zero-order valence-electron chi connectivity index (χ0n) is 12.8. The summed E-state index contributed by atoms with van der Waals surface area (Å²) < 4.78 is 11.3. The number of rotatable bonds is 4. The Labute approximate surface area is 131 Å². The summed E-state index contributed by atoms with van der Waals surface area (Å²) in [5, 5.41) is 3.73. The molecule has 0 spiro atoms. The molecule has 1 N–H and O–H groups in total. The van der Waals surface area contributed by atoms with Crippen molar-refractivity contribution in [3.63, 3.8) is 0 Å². The Kier molecular flexibility index (Phi) is 3.51. The standard InChI is InChI=1S/C19H21NO2/c1-13(15-7-8-18-19(11-15)22-10-9-21-18)20-17-12-16(17)14-5-3-2-4-6-14/h2-8,11,13,16-17,20H,9-10,12H2,1H3/t13?,16-,17-/m0/s1. The molecule has 0 aromatic heterocycles.